The molecule has 0 aliphatic heterocycles. The molecule has 1 N–H and O–H groups in total. The van der Waals surface area contributed by atoms with Crippen LogP contribution in [0.1, 0.15) is 37.7 Å². The van der Waals surface area contributed by atoms with E-state index in [-0.39, 0.29) is 0 Å². The van der Waals surface area contributed by atoms with Gasteiger partial charge in [-0.05, 0) is 24.3 Å². The van der Waals surface area contributed by atoms with Crippen molar-refractivity contribution < 1.29 is 9.90 Å². The van der Waals surface area contributed by atoms with Crippen LogP contribution < -0.4 is 0 Å². The molecule has 0 spiro atoms. The summed E-state index contributed by atoms with van der Waals surface area (Å²) in [6.07, 6.45) is 5.37. The summed E-state index contributed by atoms with van der Waals surface area (Å²) in [5.41, 5.74) is 1.07. The van der Waals surface area contributed by atoms with Gasteiger partial charge < -0.3 is 10.0 Å². The Bertz CT molecular complexity index is 371. The van der Waals surface area contributed by atoms with Gasteiger partial charge >= 0.3 is 6.09 Å². The maximum atomic E-state index is 11.3. The molecule has 0 atom stereocenters. The van der Waals surface area contributed by atoms with Gasteiger partial charge in [-0.3, -0.25) is 0 Å². The molecule has 1 saturated carbocycles. The smallest absolute Gasteiger partial charge is 0.407 e. The second-order valence-corrected chi connectivity index (χ2v) is 5.15. The molecular formula is C15H21NO2. The van der Waals surface area contributed by atoms with E-state index in [0.29, 0.717) is 19.0 Å². The summed E-state index contributed by atoms with van der Waals surface area (Å²) in [4.78, 5) is 12.9. The van der Waals surface area contributed by atoms with Crippen molar-refractivity contribution in [2.45, 2.75) is 38.6 Å². The Morgan fingerprint density at radius 1 is 1.17 bits per heavy atom. The van der Waals surface area contributed by atoms with Gasteiger partial charge in [0.2, 0.25) is 0 Å². The first-order valence-corrected chi connectivity index (χ1v) is 6.77. The van der Waals surface area contributed by atoms with Gasteiger partial charge in [0.1, 0.15) is 0 Å². The predicted molar refractivity (Wildman–Crippen MR) is 71.5 cm³/mol. The molecule has 0 unspecified atom stereocenters. The van der Waals surface area contributed by atoms with Crippen molar-refractivity contribution in [3.8, 4) is 0 Å². The third kappa shape index (κ3) is 3.76. The summed E-state index contributed by atoms with van der Waals surface area (Å²) in [6, 6.07) is 9.83. The van der Waals surface area contributed by atoms with Crippen molar-refractivity contribution in [3.05, 3.63) is 35.9 Å². The van der Waals surface area contributed by atoms with Gasteiger partial charge in [0, 0.05) is 13.1 Å². The van der Waals surface area contributed by atoms with Crippen molar-refractivity contribution in [1.29, 1.82) is 0 Å². The summed E-state index contributed by atoms with van der Waals surface area (Å²) >= 11 is 0. The number of rotatable bonds is 4. The zero-order valence-electron chi connectivity index (χ0n) is 10.7. The van der Waals surface area contributed by atoms with Gasteiger partial charge in [-0.2, -0.15) is 0 Å². The molecule has 98 valence electrons. The lowest BCUT2D eigenvalue weighted by molar-refractivity contribution is 0.127. The van der Waals surface area contributed by atoms with Crippen LogP contribution in [0, 0.1) is 5.92 Å². The standard InChI is InChI=1S/C15H21NO2/c17-15(18)16(11-13-7-3-1-4-8-13)12-14-9-5-2-6-10-14/h1,3-4,7-8,14H,2,5-6,9-12H2,(H,17,18). The molecular weight excluding hydrogens is 226 g/mol. The Hall–Kier alpha value is -1.51. The monoisotopic (exact) mass is 247 g/mol. The highest BCUT2D eigenvalue weighted by molar-refractivity contribution is 5.65. The average molecular weight is 247 g/mol. The fourth-order valence-electron chi connectivity index (χ4n) is 2.70. The SMILES string of the molecule is O=C(O)N(Cc1ccccc1)CC1CCCCC1. The maximum Gasteiger partial charge on any atom is 0.407 e. The number of carbonyl (C=O) groups is 1. The van der Waals surface area contributed by atoms with Gasteiger partial charge in [-0.1, -0.05) is 49.6 Å². The highest BCUT2D eigenvalue weighted by Gasteiger charge is 2.20. The van der Waals surface area contributed by atoms with Crippen molar-refractivity contribution >= 4 is 6.09 Å². The Balaban J connectivity index is 1.93. The minimum Gasteiger partial charge on any atom is -0.465 e. The Morgan fingerprint density at radius 2 is 1.83 bits per heavy atom. The van der Waals surface area contributed by atoms with Crippen LogP contribution in [-0.4, -0.2) is 22.6 Å². The third-order valence-corrected chi connectivity index (χ3v) is 3.69. The fraction of sp³-hybridized carbons (Fsp3) is 0.533. The maximum absolute atomic E-state index is 11.3. The van der Waals surface area contributed by atoms with E-state index in [1.807, 2.05) is 30.3 Å². The van der Waals surface area contributed by atoms with Crippen molar-refractivity contribution in [2.75, 3.05) is 6.54 Å². The molecule has 1 fully saturated rings. The van der Waals surface area contributed by atoms with E-state index in [9.17, 15) is 9.90 Å². The van der Waals surface area contributed by atoms with Crippen LogP contribution in [0.25, 0.3) is 0 Å². The van der Waals surface area contributed by atoms with E-state index in [0.717, 1.165) is 5.56 Å². The lowest BCUT2D eigenvalue weighted by atomic mass is 9.89. The van der Waals surface area contributed by atoms with E-state index >= 15 is 0 Å². The van der Waals surface area contributed by atoms with E-state index in [1.54, 1.807) is 4.90 Å². The number of amides is 1. The van der Waals surface area contributed by atoms with Crippen LogP contribution in [0.3, 0.4) is 0 Å². The average Bonchev–Trinajstić information content (AvgIpc) is 2.40. The molecule has 3 heteroatoms. The molecule has 1 aliphatic rings. The summed E-state index contributed by atoms with van der Waals surface area (Å²) in [6.45, 7) is 1.19. The van der Waals surface area contributed by atoms with Gasteiger partial charge in [0.15, 0.2) is 0 Å². The van der Waals surface area contributed by atoms with E-state index in [4.69, 9.17) is 0 Å². The van der Waals surface area contributed by atoms with Crippen LogP contribution in [0.15, 0.2) is 30.3 Å². The Kier molecular flexibility index (Phi) is 4.62. The number of nitrogens with zero attached hydrogens (tertiary/aromatic N) is 1. The molecule has 1 aromatic carbocycles. The van der Waals surface area contributed by atoms with E-state index in [2.05, 4.69) is 0 Å². The zero-order valence-corrected chi connectivity index (χ0v) is 10.7. The predicted octanol–water partition coefficient (Wildman–Crippen LogP) is 3.75. The lowest BCUT2D eigenvalue weighted by Gasteiger charge is -2.28. The van der Waals surface area contributed by atoms with Crippen LogP contribution in [0.5, 0.6) is 0 Å². The molecule has 0 radical (unpaired) electrons. The molecule has 2 rings (SSSR count). The molecule has 0 heterocycles. The number of carboxylic acid groups (broad SMARTS) is 1. The largest absolute Gasteiger partial charge is 0.465 e. The minimum atomic E-state index is -0.801. The van der Waals surface area contributed by atoms with Crippen molar-refractivity contribution in [2.24, 2.45) is 5.92 Å². The summed E-state index contributed by atoms with van der Waals surface area (Å²) in [7, 11) is 0. The van der Waals surface area contributed by atoms with Crippen LogP contribution in [0.4, 0.5) is 4.79 Å². The Labute approximate surface area is 108 Å². The number of benzene rings is 1. The first-order chi connectivity index (χ1) is 8.75. The molecule has 0 bridgehead atoms. The van der Waals surface area contributed by atoms with Gasteiger partial charge in [-0.15, -0.1) is 0 Å². The topological polar surface area (TPSA) is 40.5 Å². The van der Waals surface area contributed by atoms with Crippen LogP contribution in [-0.2, 0) is 6.54 Å². The summed E-state index contributed by atoms with van der Waals surface area (Å²) < 4.78 is 0. The molecule has 0 aromatic heterocycles. The number of hydrogen-bond donors (Lipinski definition) is 1. The molecule has 1 aliphatic carbocycles. The second-order valence-electron chi connectivity index (χ2n) is 5.15. The summed E-state index contributed by atoms with van der Waals surface area (Å²) in [5.74, 6) is 0.554. The van der Waals surface area contributed by atoms with Gasteiger partial charge in [0.25, 0.3) is 0 Å². The second kappa shape index (κ2) is 6.43. The normalized spacial score (nSPS) is 16.4. The van der Waals surface area contributed by atoms with E-state index < -0.39 is 6.09 Å². The molecule has 1 aromatic rings. The van der Waals surface area contributed by atoms with Crippen molar-refractivity contribution in [1.82, 2.24) is 4.90 Å². The highest BCUT2D eigenvalue weighted by atomic mass is 16.4. The Morgan fingerprint density at radius 3 is 2.44 bits per heavy atom. The first-order valence-electron chi connectivity index (χ1n) is 6.77. The van der Waals surface area contributed by atoms with Crippen molar-refractivity contribution in [3.63, 3.8) is 0 Å². The van der Waals surface area contributed by atoms with Crippen LogP contribution >= 0.6 is 0 Å². The highest BCUT2D eigenvalue weighted by Crippen LogP contribution is 2.25. The van der Waals surface area contributed by atoms with E-state index in [1.165, 1.54) is 32.1 Å². The fourth-order valence-corrected chi connectivity index (χ4v) is 2.70. The van der Waals surface area contributed by atoms with Crippen LogP contribution in [0.2, 0.25) is 0 Å². The summed E-state index contributed by atoms with van der Waals surface area (Å²) in [5, 5.41) is 9.29. The third-order valence-electron chi connectivity index (χ3n) is 3.69. The first kappa shape index (κ1) is 12.9. The molecule has 18 heavy (non-hydrogen) atoms. The minimum absolute atomic E-state index is 0.507. The molecule has 1 amide bonds. The molecule has 0 saturated heterocycles. The quantitative estimate of drug-likeness (QED) is 0.880. The number of hydrogen-bond acceptors (Lipinski definition) is 1. The zero-order chi connectivity index (χ0) is 12.8. The molecule has 3 nitrogen and oxygen atoms in total. The van der Waals surface area contributed by atoms with Gasteiger partial charge in [0.05, 0.1) is 0 Å². The lowest BCUT2D eigenvalue weighted by Crippen LogP contribution is -2.34. The van der Waals surface area contributed by atoms with Gasteiger partial charge in [-0.25, -0.2) is 4.79 Å².